The van der Waals surface area contributed by atoms with Crippen LogP contribution in [0.4, 0.5) is 0 Å². The van der Waals surface area contributed by atoms with E-state index in [1.807, 2.05) is 39.8 Å². The van der Waals surface area contributed by atoms with E-state index in [2.05, 4.69) is 9.97 Å². The van der Waals surface area contributed by atoms with E-state index in [-0.39, 0.29) is 17.2 Å². The van der Waals surface area contributed by atoms with E-state index in [0.29, 0.717) is 19.5 Å². The summed E-state index contributed by atoms with van der Waals surface area (Å²) in [4.78, 5) is 34.4. The van der Waals surface area contributed by atoms with Crippen molar-refractivity contribution in [3.05, 3.63) is 44.6 Å². The number of carbonyl (C=O) groups excluding carboxylic acids is 1. The van der Waals surface area contributed by atoms with Crippen molar-refractivity contribution in [1.29, 1.82) is 0 Å². The van der Waals surface area contributed by atoms with Crippen molar-refractivity contribution in [2.75, 3.05) is 18.8 Å². The van der Waals surface area contributed by atoms with Crippen LogP contribution in [0.1, 0.15) is 25.7 Å². The van der Waals surface area contributed by atoms with Crippen LogP contribution in [0.2, 0.25) is 0 Å². The quantitative estimate of drug-likeness (QED) is 0.383. The third-order valence-corrected chi connectivity index (χ3v) is 6.95. The molecule has 1 aliphatic heterocycles. The van der Waals surface area contributed by atoms with Gasteiger partial charge in [-0.15, -0.1) is 0 Å². The second-order valence-electron chi connectivity index (χ2n) is 6.65. The van der Waals surface area contributed by atoms with E-state index in [1.165, 1.54) is 35.9 Å². The highest BCUT2D eigenvalue weighted by atomic mass is 32.2. The highest BCUT2D eigenvalue weighted by Crippen LogP contribution is 2.24. The Morgan fingerprint density at radius 3 is 2.61 bits per heavy atom. The number of carbonyl (C=O) groups is 1. The van der Waals surface area contributed by atoms with Gasteiger partial charge in [-0.1, -0.05) is 54.1 Å². The average molecular weight is 433 g/mol. The van der Waals surface area contributed by atoms with E-state index >= 15 is 0 Å². The van der Waals surface area contributed by atoms with Gasteiger partial charge in [0.05, 0.1) is 5.75 Å². The Kier molecular flexibility index (Phi) is 5.93. The van der Waals surface area contributed by atoms with Gasteiger partial charge in [-0.25, -0.2) is 4.98 Å². The lowest BCUT2D eigenvalue weighted by atomic mass is 10.2. The number of fused-ring (bicyclic) bond motifs is 1. The Morgan fingerprint density at radius 2 is 1.89 bits per heavy atom. The van der Waals surface area contributed by atoms with Crippen molar-refractivity contribution in [1.82, 2.24) is 19.4 Å². The Hall–Kier alpha value is -1.97. The summed E-state index contributed by atoms with van der Waals surface area (Å²) < 4.78 is 2.88. The molecule has 1 N–H and O–H groups in total. The molecule has 1 amide bonds. The van der Waals surface area contributed by atoms with Gasteiger partial charge in [0, 0.05) is 18.8 Å². The molecule has 1 aliphatic rings. The van der Waals surface area contributed by atoms with Gasteiger partial charge in [-0.3, -0.25) is 14.2 Å². The van der Waals surface area contributed by atoms with E-state index in [9.17, 15) is 9.59 Å². The minimum atomic E-state index is -0.222. The summed E-state index contributed by atoms with van der Waals surface area (Å²) in [6.07, 6.45) is 4.49. The van der Waals surface area contributed by atoms with Gasteiger partial charge in [0.15, 0.2) is 14.8 Å². The number of thiazole rings is 1. The fourth-order valence-electron chi connectivity index (χ4n) is 3.31. The largest absolute Gasteiger partial charge is 0.342 e. The second-order valence-corrected chi connectivity index (χ2v) is 9.25. The Balaban J connectivity index is 1.61. The lowest BCUT2D eigenvalue weighted by Gasteiger charge is -2.19. The fraction of sp³-hybridized carbons (Fsp3) is 0.368. The van der Waals surface area contributed by atoms with E-state index < -0.39 is 0 Å². The Bertz CT molecular complexity index is 1100. The number of aromatic amines is 1. The lowest BCUT2D eigenvalue weighted by molar-refractivity contribution is -0.128. The number of hydrogen-bond acceptors (Lipinski definition) is 6. The maximum atomic E-state index is 12.5. The third-order valence-electron chi connectivity index (χ3n) is 4.73. The number of hydrogen-bond donors (Lipinski definition) is 1. The molecule has 3 aromatic rings. The fourth-order valence-corrected chi connectivity index (χ4v) is 5.34. The minimum Gasteiger partial charge on any atom is -0.342 e. The molecule has 0 radical (unpaired) electrons. The summed E-state index contributed by atoms with van der Waals surface area (Å²) >= 11 is 7.98. The number of nitrogens with one attached hydrogen (secondary N) is 1. The van der Waals surface area contributed by atoms with E-state index in [1.54, 1.807) is 0 Å². The van der Waals surface area contributed by atoms with Crippen molar-refractivity contribution in [2.45, 2.75) is 30.8 Å². The summed E-state index contributed by atoms with van der Waals surface area (Å²) in [5.41, 5.74) is 1.18. The second kappa shape index (κ2) is 8.59. The molecule has 0 atom stereocenters. The first-order valence-corrected chi connectivity index (χ1v) is 11.5. The van der Waals surface area contributed by atoms with Crippen molar-refractivity contribution in [3.8, 4) is 5.69 Å². The third kappa shape index (κ3) is 4.06. The maximum absolute atomic E-state index is 12.5. The first-order valence-electron chi connectivity index (χ1n) is 9.25. The van der Waals surface area contributed by atoms with Gasteiger partial charge in [0.1, 0.15) is 4.70 Å². The number of para-hydroxylation sites is 1. The van der Waals surface area contributed by atoms with Crippen LogP contribution >= 0.6 is 35.3 Å². The van der Waals surface area contributed by atoms with Crippen molar-refractivity contribution < 1.29 is 4.79 Å². The molecule has 3 heterocycles. The molecule has 28 heavy (non-hydrogen) atoms. The molecule has 146 valence electrons. The standard InChI is InChI=1S/C19H20N4O2S3/c24-14(22-10-6-1-2-7-11-22)12-27-18-20-16-15(17(25)21-18)28-19(26)23(16)13-8-4-3-5-9-13/h3-5,8-9H,1-2,6-7,10-12H2,(H,20,21,25). The SMILES string of the molecule is O=C(CSc1nc2c(sc(=S)n2-c2ccccc2)c(=O)[nH]1)N1CCCCCC1. The molecule has 0 unspecified atom stereocenters. The summed E-state index contributed by atoms with van der Waals surface area (Å²) in [6, 6.07) is 9.63. The zero-order chi connectivity index (χ0) is 19.5. The Labute approximate surface area is 175 Å². The van der Waals surface area contributed by atoms with Crippen LogP contribution in [0.5, 0.6) is 0 Å². The summed E-state index contributed by atoms with van der Waals surface area (Å²) in [7, 11) is 0. The Morgan fingerprint density at radius 1 is 1.18 bits per heavy atom. The summed E-state index contributed by atoms with van der Waals surface area (Å²) in [6.45, 7) is 1.64. The molecule has 9 heteroatoms. The van der Waals surface area contributed by atoms with Gasteiger partial charge in [-0.2, -0.15) is 0 Å². The van der Waals surface area contributed by atoms with Crippen molar-refractivity contribution in [2.24, 2.45) is 0 Å². The van der Waals surface area contributed by atoms with Crippen LogP contribution in [-0.4, -0.2) is 44.2 Å². The van der Waals surface area contributed by atoms with Crippen LogP contribution in [0.15, 0.2) is 40.3 Å². The molecular formula is C19H20N4O2S3. The van der Waals surface area contributed by atoms with Crippen LogP contribution in [0.3, 0.4) is 0 Å². The van der Waals surface area contributed by atoms with Crippen molar-refractivity contribution >= 4 is 51.6 Å². The van der Waals surface area contributed by atoms with Crippen LogP contribution in [0, 0.1) is 3.95 Å². The molecular weight excluding hydrogens is 412 g/mol. The smallest absolute Gasteiger partial charge is 0.271 e. The van der Waals surface area contributed by atoms with Crippen LogP contribution in [0.25, 0.3) is 16.0 Å². The molecule has 1 saturated heterocycles. The molecule has 6 nitrogen and oxygen atoms in total. The predicted molar refractivity (Wildman–Crippen MR) is 116 cm³/mol. The number of amides is 1. The number of H-pyrrole nitrogens is 1. The average Bonchev–Trinajstić information content (AvgIpc) is 2.86. The van der Waals surface area contributed by atoms with Crippen LogP contribution in [-0.2, 0) is 4.79 Å². The number of benzene rings is 1. The van der Waals surface area contributed by atoms with Gasteiger partial charge in [0.2, 0.25) is 5.91 Å². The zero-order valence-corrected chi connectivity index (χ0v) is 17.7. The van der Waals surface area contributed by atoms with Crippen molar-refractivity contribution in [3.63, 3.8) is 0 Å². The number of likely N-dealkylation sites (tertiary alicyclic amines) is 1. The zero-order valence-electron chi connectivity index (χ0n) is 15.2. The van der Waals surface area contributed by atoms with Gasteiger partial charge < -0.3 is 9.88 Å². The normalized spacial score (nSPS) is 14.9. The minimum absolute atomic E-state index is 0.0971. The number of aromatic nitrogens is 3. The molecule has 2 aromatic heterocycles. The monoisotopic (exact) mass is 432 g/mol. The van der Waals surface area contributed by atoms with Gasteiger partial charge >= 0.3 is 0 Å². The molecule has 1 aromatic carbocycles. The summed E-state index contributed by atoms with van der Waals surface area (Å²) in [5, 5.41) is 0.443. The van der Waals surface area contributed by atoms with Gasteiger partial charge in [0.25, 0.3) is 5.56 Å². The lowest BCUT2D eigenvalue weighted by Crippen LogP contribution is -2.33. The van der Waals surface area contributed by atoms with Crippen LogP contribution < -0.4 is 5.56 Å². The first-order chi connectivity index (χ1) is 13.6. The molecule has 4 rings (SSSR count). The van der Waals surface area contributed by atoms with E-state index in [0.717, 1.165) is 31.6 Å². The highest BCUT2D eigenvalue weighted by molar-refractivity contribution is 7.99. The molecule has 0 saturated carbocycles. The van der Waals surface area contributed by atoms with E-state index in [4.69, 9.17) is 12.2 Å². The molecule has 0 bridgehead atoms. The highest BCUT2D eigenvalue weighted by Gasteiger charge is 2.18. The predicted octanol–water partition coefficient (Wildman–Crippen LogP) is 4.00. The summed E-state index contributed by atoms with van der Waals surface area (Å²) in [5.74, 6) is 0.366. The number of thioether (sulfide) groups is 1. The molecule has 0 aliphatic carbocycles. The molecule has 1 fully saturated rings. The molecule has 0 spiro atoms. The topological polar surface area (TPSA) is 71.0 Å². The maximum Gasteiger partial charge on any atom is 0.271 e. The first kappa shape index (κ1) is 19.4. The van der Waals surface area contributed by atoms with Gasteiger partial charge in [-0.05, 0) is 37.2 Å². The number of nitrogens with zero attached hydrogens (tertiary/aromatic N) is 3. The number of rotatable bonds is 4.